The van der Waals surface area contributed by atoms with E-state index in [2.05, 4.69) is 17.1 Å². The Bertz CT molecular complexity index is 937. The molecule has 0 fully saturated rings. The summed E-state index contributed by atoms with van der Waals surface area (Å²) in [5.74, 6) is -0.793. The normalized spacial score (nSPS) is 17.4. The van der Waals surface area contributed by atoms with E-state index in [0.29, 0.717) is 49.6 Å². The standard InChI is InChI=1S/C18H15FIN5/c1-8-12(5-21)15(13(6-22)9(2)25(8)3)11-4-10-14(7-24-18(10)23)17(20)16(11)19/h4,15H,7H2,1-3H3,(H2,23,24). The summed E-state index contributed by atoms with van der Waals surface area (Å²) in [6.07, 6.45) is 0. The molecule has 0 atom stereocenters. The van der Waals surface area contributed by atoms with Crippen LogP contribution in [-0.2, 0) is 6.54 Å². The molecule has 5 nitrogen and oxygen atoms in total. The average molecular weight is 447 g/mol. The van der Waals surface area contributed by atoms with Gasteiger partial charge in [-0.05, 0) is 42.5 Å². The number of aliphatic imine (C=N–C) groups is 1. The van der Waals surface area contributed by atoms with Crippen LogP contribution in [0, 0.1) is 32.0 Å². The van der Waals surface area contributed by atoms with E-state index < -0.39 is 11.7 Å². The highest BCUT2D eigenvalue weighted by atomic mass is 127. The highest BCUT2D eigenvalue weighted by Crippen LogP contribution is 2.43. The molecule has 0 spiro atoms. The smallest absolute Gasteiger partial charge is 0.141 e. The maximum Gasteiger partial charge on any atom is 0.141 e. The molecule has 2 aliphatic heterocycles. The first-order chi connectivity index (χ1) is 11.8. The van der Waals surface area contributed by atoms with Crippen LogP contribution in [0.3, 0.4) is 0 Å². The van der Waals surface area contributed by atoms with Crippen molar-refractivity contribution in [2.24, 2.45) is 10.7 Å². The van der Waals surface area contributed by atoms with Crippen molar-refractivity contribution in [1.82, 2.24) is 4.90 Å². The van der Waals surface area contributed by atoms with Gasteiger partial charge in [0.2, 0.25) is 0 Å². The van der Waals surface area contributed by atoms with E-state index in [-0.39, 0.29) is 0 Å². The molecule has 0 aromatic heterocycles. The number of halogens is 2. The fourth-order valence-corrected chi connectivity index (χ4v) is 4.08. The molecule has 2 N–H and O–H groups in total. The average Bonchev–Trinajstić information content (AvgIpc) is 2.97. The largest absolute Gasteiger partial charge is 0.383 e. The molecular weight excluding hydrogens is 432 g/mol. The molecule has 0 bridgehead atoms. The number of nitrogens with zero attached hydrogens (tertiary/aromatic N) is 4. The Balaban J connectivity index is 2.33. The summed E-state index contributed by atoms with van der Waals surface area (Å²) in [5.41, 5.74) is 9.83. The second kappa shape index (κ2) is 6.16. The Morgan fingerprint density at radius 2 is 1.84 bits per heavy atom. The van der Waals surface area contributed by atoms with Gasteiger partial charge in [0.1, 0.15) is 11.7 Å². The van der Waals surface area contributed by atoms with E-state index in [4.69, 9.17) is 5.73 Å². The Morgan fingerprint density at radius 1 is 1.28 bits per heavy atom. The van der Waals surface area contributed by atoms with Crippen LogP contribution in [0.1, 0.15) is 36.5 Å². The zero-order valence-corrected chi connectivity index (χ0v) is 16.1. The van der Waals surface area contributed by atoms with Gasteiger partial charge in [0.05, 0.1) is 39.3 Å². The molecule has 126 valence electrons. The molecule has 0 aliphatic carbocycles. The highest BCUT2D eigenvalue weighted by Gasteiger charge is 2.35. The Labute approximate surface area is 159 Å². The van der Waals surface area contributed by atoms with Crippen LogP contribution >= 0.6 is 22.6 Å². The third-order valence-corrected chi connectivity index (χ3v) is 6.06. The first kappa shape index (κ1) is 17.4. The predicted molar refractivity (Wildman–Crippen MR) is 101 cm³/mol. The van der Waals surface area contributed by atoms with Gasteiger partial charge in [-0.3, -0.25) is 4.99 Å². The third-order valence-electron chi connectivity index (χ3n) is 4.93. The Kier molecular flexibility index (Phi) is 4.29. The Hall–Kier alpha value is -2.39. The molecule has 7 heteroatoms. The summed E-state index contributed by atoms with van der Waals surface area (Å²) < 4.78 is 15.6. The number of hydrogen-bond acceptors (Lipinski definition) is 5. The molecule has 25 heavy (non-hydrogen) atoms. The maximum atomic E-state index is 15.2. The van der Waals surface area contributed by atoms with Crippen LogP contribution in [0.15, 0.2) is 33.6 Å². The number of nitrogens with two attached hydrogens (primary N) is 1. The number of amidine groups is 1. The van der Waals surface area contributed by atoms with E-state index in [1.807, 2.05) is 22.6 Å². The zero-order chi connectivity index (χ0) is 18.5. The highest BCUT2D eigenvalue weighted by molar-refractivity contribution is 14.1. The van der Waals surface area contributed by atoms with Gasteiger partial charge >= 0.3 is 0 Å². The van der Waals surface area contributed by atoms with Gasteiger partial charge in [0.25, 0.3) is 0 Å². The van der Waals surface area contributed by atoms with Gasteiger partial charge in [0, 0.05) is 35.1 Å². The van der Waals surface area contributed by atoms with Gasteiger partial charge < -0.3 is 10.6 Å². The van der Waals surface area contributed by atoms with Crippen molar-refractivity contribution in [3.63, 3.8) is 0 Å². The summed E-state index contributed by atoms with van der Waals surface area (Å²) in [5, 5.41) is 19.4. The summed E-state index contributed by atoms with van der Waals surface area (Å²) >= 11 is 1.94. The second-order valence-corrected chi connectivity index (χ2v) is 7.11. The summed E-state index contributed by atoms with van der Waals surface area (Å²) in [6.45, 7) is 3.95. The fourth-order valence-electron chi connectivity index (χ4n) is 3.30. The summed E-state index contributed by atoms with van der Waals surface area (Å²) in [4.78, 5) is 5.96. The van der Waals surface area contributed by atoms with Crippen molar-refractivity contribution in [1.29, 1.82) is 10.5 Å². The number of nitriles is 2. The van der Waals surface area contributed by atoms with Gasteiger partial charge in [-0.1, -0.05) is 0 Å². The lowest BCUT2D eigenvalue weighted by molar-refractivity contribution is 0.486. The second-order valence-electron chi connectivity index (χ2n) is 6.04. The number of hydrogen-bond donors (Lipinski definition) is 1. The zero-order valence-electron chi connectivity index (χ0n) is 14.0. The van der Waals surface area contributed by atoms with Gasteiger partial charge in [-0.25, -0.2) is 4.39 Å². The van der Waals surface area contributed by atoms with E-state index >= 15 is 4.39 Å². The molecule has 2 aliphatic rings. The summed E-state index contributed by atoms with van der Waals surface area (Å²) in [7, 11) is 1.79. The minimum Gasteiger partial charge on any atom is -0.383 e. The van der Waals surface area contributed by atoms with E-state index in [1.165, 1.54) is 0 Å². The van der Waals surface area contributed by atoms with Gasteiger partial charge in [-0.15, -0.1) is 0 Å². The fraction of sp³-hybridized carbons (Fsp3) is 0.278. The summed E-state index contributed by atoms with van der Waals surface area (Å²) in [6, 6.07) is 5.97. The van der Waals surface area contributed by atoms with Crippen LogP contribution in [0.5, 0.6) is 0 Å². The van der Waals surface area contributed by atoms with E-state index in [1.54, 1.807) is 31.9 Å². The predicted octanol–water partition coefficient (Wildman–Crippen LogP) is 3.27. The first-order valence-electron chi connectivity index (χ1n) is 7.60. The molecule has 2 heterocycles. The number of rotatable bonds is 1. The van der Waals surface area contributed by atoms with E-state index in [9.17, 15) is 10.5 Å². The molecule has 1 aromatic rings. The molecule has 0 saturated heterocycles. The number of benzene rings is 1. The third kappa shape index (κ3) is 2.42. The lowest BCUT2D eigenvalue weighted by Crippen LogP contribution is -2.26. The van der Waals surface area contributed by atoms with Crippen LogP contribution in [0.25, 0.3) is 0 Å². The van der Waals surface area contributed by atoms with Gasteiger partial charge in [-0.2, -0.15) is 10.5 Å². The van der Waals surface area contributed by atoms with Gasteiger partial charge in [0.15, 0.2) is 0 Å². The van der Waals surface area contributed by atoms with Crippen LogP contribution < -0.4 is 5.73 Å². The van der Waals surface area contributed by atoms with Crippen molar-refractivity contribution in [3.05, 3.63) is 54.7 Å². The van der Waals surface area contributed by atoms with Crippen molar-refractivity contribution < 1.29 is 4.39 Å². The quantitative estimate of drug-likeness (QED) is 0.670. The molecule has 0 unspecified atom stereocenters. The van der Waals surface area contributed by atoms with Crippen molar-refractivity contribution in [3.8, 4) is 12.1 Å². The minimum absolute atomic E-state index is 0.295. The molecule has 0 radical (unpaired) electrons. The molecule has 3 rings (SSSR count). The van der Waals surface area contributed by atoms with Crippen LogP contribution in [0.4, 0.5) is 4.39 Å². The molecule has 1 aromatic carbocycles. The number of allylic oxidation sites excluding steroid dienone is 4. The number of fused-ring (bicyclic) bond motifs is 1. The van der Waals surface area contributed by atoms with Crippen molar-refractivity contribution >= 4 is 28.4 Å². The van der Waals surface area contributed by atoms with Crippen LogP contribution in [0.2, 0.25) is 0 Å². The van der Waals surface area contributed by atoms with Crippen LogP contribution in [-0.4, -0.2) is 17.8 Å². The van der Waals surface area contributed by atoms with Crippen molar-refractivity contribution in [2.75, 3.05) is 7.05 Å². The maximum absolute atomic E-state index is 15.2. The lowest BCUT2D eigenvalue weighted by atomic mass is 9.80. The van der Waals surface area contributed by atoms with E-state index in [0.717, 1.165) is 5.56 Å². The first-order valence-corrected chi connectivity index (χ1v) is 8.67. The Morgan fingerprint density at radius 3 is 2.36 bits per heavy atom. The SMILES string of the molecule is CC1=C(C#N)C(c2cc3c(c(I)c2F)CN=C3N)C(C#N)=C(C)N1C. The lowest BCUT2D eigenvalue weighted by Gasteiger charge is -2.33. The molecular formula is C18H15FIN5. The molecule has 0 saturated carbocycles. The minimum atomic E-state index is -0.738. The molecule has 0 amide bonds. The monoisotopic (exact) mass is 447 g/mol. The van der Waals surface area contributed by atoms with Crippen molar-refractivity contribution in [2.45, 2.75) is 26.3 Å². The topological polar surface area (TPSA) is 89.2 Å².